The van der Waals surface area contributed by atoms with Gasteiger partial charge in [-0.25, -0.2) is 14.7 Å². The Kier molecular flexibility index (Phi) is 6.12. The molecule has 0 fully saturated rings. The number of hydrogen-bond donors (Lipinski definition) is 2. The number of guanidine groups is 1. The van der Waals surface area contributed by atoms with E-state index in [0.29, 0.717) is 12.6 Å². The maximum absolute atomic E-state index is 4.84. The van der Waals surface area contributed by atoms with Crippen molar-refractivity contribution in [1.29, 1.82) is 0 Å². The van der Waals surface area contributed by atoms with Crippen LogP contribution in [0.1, 0.15) is 37.5 Å². The third kappa shape index (κ3) is 4.78. The van der Waals surface area contributed by atoms with Gasteiger partial charge in [-0.15, -0.1) is 0 Å². The molecule has 0 bridgehead atoms. The molecule has 0 saturated heterocycles. The van der Waals surface area contributed by atoms with Crippen LogP contribution in [-0.2, 0) is 25.9 Å². The molecule has 1 unspecified atom stereocenters. The molecule has 154 valence electrons. The number of aromatic nitrogens is 3. The third-order valence-corrected chi connectivity index (χ3v) is 5.42. The number of aliphatic imine (C=N–C) groups is 1. The first-order chi connectivity index (χ1) is 14.2. The molecular formula is C22H31N7. The summed E-state index contributed by atoms with van der Waals surface area (Å²) in [5.74, 6) is 2.91. The number of hydrogen-bond acceptors (Lipinski definition) is 4. The summed E-state index contributed by atoms with van der Waals surface area (Å²) < 4.78 is 2.05. The topological polar surface area (TPSA) is 70.4 Å². The molecule has 0 saturated carbocycles. The van der Waals surface area contributed by atoms with E-state index in [2.05, 4.69) is 80.6 Å². The average molecular weight is 394 g/mol. The SMILES string of the molecule is CCNC(=NCc1cccc(N2CC=CC2)c1)NC1CCc2nc(CC)nn2C1. The minimum atomic E-state index is 0.314. The number of rotatable bonds is 6. The van der Waals surface area contributed by atoms with E-state index in [1.807, 2.05) is 0 Å². The first-order valence-electron chi connectivity index (χ1n) is 10.7. The lowest BCUT2D eigenvalue weighted by molar-refractivity contribution is 0.392. The molecule has 0 aliphatic carbocycles. The minimum absolute atomic E-state index is 0.314. The van der Waals surface area contributed by atoms with Crippen LogP contribution in [0.4, 0.5) is 5.69 Å². The van der Waals surface area contributed by atoms with Crippen molar-refractivity contribution < 1.29 is 0 Å². The lowest BCUT2D eigenvalue weighted by atomic mass is 10.1. The summed E-state index contributed by atoms with van der Waals surface area (Å²) in [4.78, 5) is 11.8. The smallest absolute Gasteiger partial charge is 0.191 e. The summed E-state index contributed by atoms with van der Waals surface area (Å²) >= 11 is 0. The third-order valence-electron chi connectivity index (χ3n) is 5.42. The highest BCUT2D eigenvalue weighted by molar-refractivity contribution is 5.80. The van der Waals surface area contributed by atoms with Gasteiger partial charge in [0.25, 0.3) is 0 Å². The summed E-state index contributed by atoms with van der Waals surface area (Å²) in [6.45, 7) is 8.51. The summed E-state index contributed by atoms with van der Waals surface area (Å²) in [5.41, 5.74) is 2.49. The quantitative estimate of drug-likeness (QED) is 0.448. The molecule has 1 atom stereocenters. The van der Waals surface area contributed by atoms with Crippen molar-refractivity contribution in [2.24, 2.45) is 4.99 Å². The molecule has 2 aromatic rings. The molecule has 2 aliphatic rings. The maximum Gasteiger partial charge on any atom is 0.191 e. The van der Waals surface area contributed by atoms with E-state index in [-0.39, 0.29) is 0 Å². The number of nitrogens with zero attached hydrogens (tertiary/aromatic N) is 5. The van der Waals surface area contributed by atoms with Gasteiger partial charge in [-0.1, -0.05) is 31.2 Å². The largest absolute Gasteiger partial charge is 0.364 e. The van der Waals surface area contributed by atoms with Crippen molar-refractivity contribution in [3.8, 4) is 0 Å². The highest BCUT2D eigenvalue weighted by Gasteiger charge is 2.22. The lowest BCUT2D eigenvalue weighted by Gasteiger charge is -2.25. The van der Waals surface area contributed by atoms with Gasteiger partial charge in [-0.2, -0.15) is 5.10 Å². The van der Waals surface area contributed by atoms with Crippen molar-refractivity contribution in [3.05, 3.63) is 53.6 Å². The molecular weight excluding hydrogens is 362 g/mol. The van der Waals surface area contributed by atoms with E-state index in [9.17, 15) is 0 Å². The Morgan fingerprint density at radius 1 is 1.24 bits per heavy atom. The van der Waals surface area contributed by atoms with Gasteiger partial charge in [-0.3, -0.25) is 0 Å². The molecule has 0 spiro atoms. The van der Waals surface area contributed by atoms with Gasteiger partial charge >= 0.3 is 0 Å². The van der Waals surface area contributed by atoms with Gasteiger partial charge in [0, 0.05) is 44.2 Å². The van der Waals surface area contributed by atoms with Crippen LogP contribution in [-0.4, -0.2) is 46.4 Å². The Morgan fingerprint density at radius 2 is 2.10 bits per heavy atom. The van der Waals surface area contributed by atoms with Crippen molar-refractivity contribution >= 4 is 11.6 Å². The van der Waals surface area contributed by atoms with Gasteiger partial charge in [0.05, 0.1) is 13.1 Å². The van der Waals surface area contributed by atoms with Crippen LogP contribution in [0, 0.1) is 0 Å². The van der Waals surface area contributed by atoms with Crippen molar-refractivity contribution in [3.63, 3.8) is 0 Å². The normalized spacial score (nSPS) is 18.8. The minimum Gasteiger partial charge on any atom is -0.364 e. The Labute approximate surface area is 172 Å². The second-order valence-corrected chi connectivity index (χ2v) is 7.60. The van der Waals surface area contributed by atoms with E-state index >= 15 is 0 Å². The van der Waals surface area contributed by atoms with E-state index in [1.54, 1.807) is 0 Å². The van der Waals surface area contributed by atoms with Crippen LogP contribution in [0.25, 0.3) is 0 Å². The molecule has 1 aromatic carbocycles. The van der Waals surface area contributed by atoms with Gasteiger partial charge in [0.1, 0.15) is 5.82 Å². The second-order valence-electron chi connectivity index (χ2n) is 7.60. The van der Waals surface area contributed by atoms with Crippen LogP contribution < -0.4 is 15.5 Å². The van der Waals surface area contributed by atoms with Crippen LogP contribution in [0.3, 0.4) is 0 Å². The monoisotopic (exact) mass is 393 g/mol. The Bertz CT molecular complexity index is 875. The molecule has 2 N–H and O–H groups in total. The number of fused-ring (bicyclic) bond motifs is 1. The molecule has 3 heterocycles. The standard InChI is InChI=1S/C22H31N7/c1-3-20-26-21-11-10-18(16-29(21)27-20)25-22(23-4-2)24-15-17-8-7-9-19(14-17)28-12-5-6-13-28/h5-9,14,18H,3-4,10-13,15-16H2,1-2H3,(H2,23,24,25). The van der Waals surface area contributed by atoms with Crippen molar-refractivity contribution in [1.82, 2.24) is 25.4 Å². The predicted octanol–water partition coefficient (Wildman–Crippen LogP) is 2.29. The van der Waals surface area contributed by atoms with E-state index in [4.69, 9.17) is 4.99 Å². The van der Waals surface area contributed by atoms with Crippen LogP contribution >= 0.6 is 0 Å². The number of benzene rings is 1. The fraction of sp³-hybridized carbons (Fsp3) is 0.500. The van der Waals surface area contributed by atoms with E-state index in [1.165, 1.54) is 11.3 Å². The zero-order valence-corrected chi connectivity index (χ0v) is 17.4. The summed E-state index contributed by atoms with van der Waals surface area (Å²) in [7, 11) is 0. The first kappa shape index (κ1) is 19.5. The second kappa shape index (κ2) is 9.11. The van der Waals surface area contributed by atoms with E-state index in [0.717, 1.165) is 63.0 Å². The van der Waals surface area contributed by atoms with Gasteiger partial charge < -0.3 is 15.5 Å². The van der Waals surface area contributed by atoms with Crippen molar-refractivity contribution in [2.45, 2.75) is 52.2 Å². The summed E-state index contributed by atoms with van der Waals surface area (Å²) in [5, 5.41) is 11.6. The molecule has 2 aliphatic heterocycles. The maximum atomic E-state index is 4.84. The van der Waals surface area contributed by atoms with Crippen molar-refractivity contribution in [2.75, 3.05) is 24.5 Å². The molecule has 7 nitrogen and oxygen atoms in total. The Morgan fingerprint density at radius 3 is 2.90 bits per heavy atom. The fourth-order valence-corrected chi connectivity index (χ4v) is 3.85. The summed E-state index contributed by atoms with van der Waals surface area (Å²) in [6.07, 6.45) is 7.31. The lowest BCUT2D eigenvalue weighted by Crippen LogP contribution is -2.47. The van der Waals surface area contributed by atoms with E-state index < -0.39 is 0 Å². The average Bonchev–Trinajstić information content (AvgIpc) is 3.42. The van der Waals surface area contributed by atoms with Crippen LogP contribution in [0.2, 0.25) is 0 Å². The molecule has 0 amide bonds. The highest BCUT2D eigenvalue weighted by Crippen LogP contribution is 2.19. The molecule has 1 aromatic heterocycles. The molecule has 0 radical (unpaired) electrons. The Hall–Kier alpha value is -2.83. The fourth-order valence-electron chi connectivity index (χ4n) is 3.85. The predicted molar refractivity (Wildman–Crippen MR) is 117 cm³/mol. The van der Waals surface area contributed by atoms with Gasteiger partial charge in [0.15, 0.2) is 11.8 Å². The van der Waals surface area contributed by atoms with Gasteiger partial charge in [0.2, 0.25) is 0 Å². The Balaban J connectivity index is 1.40. The van der Waals surface area contributed by atoms with Gasteiger partial charge in [-0.05, 0) is 31.0 Å². The molecule has 7 heteroatoms. The van der Waals surface area contributed by atoms with Crippen LogP contribution in [0.5, 0.6) is 0 Å². The summed E-state index contributed by atoms with van der Waals surface area (Å²) in [6, 6.07) is 9.00. The van der Waals surface area contributed by atoms with Crippen LogP contribution in [0.15, 0.2) is 41.4 Å². The zero-order valence-electron chi connectivity index (χ0n) is 17.4. The number of anilines is 1. The molecule has 29 heavy (non-hydrogen) atoms. The number of aryl methyl sites for hydroxylation is 2. The number of nitrogens with one attached hydrogen (secondary N) is 2. The zero-order chi connectivity index (χ0) is 20.1. The highest BCUT2D eigenvalue weighted by atomic mass is 15.4. The molecule has 4 rings (SSSR count). The first-order valence-corrected chi connectivity index (χ1v) is 10.7.